The van der Waals surface area contributed by atoms with Crippen LogP contribution in [0.25, 0.3) is 11.3 Å². The van der Waals surface area contributed by atoms with E-state index in [1.807, 2.05) is 54.6 Å². The van der Waals surface area contributed by atoms with Gasteiger partial charge in [0.2, 0.25) is 0 Å². The number of aromatic nitrogens is 1. The van der Waals surface area contributed by atoms with Gasteiger partial charge in [0.15, 0.2) is 5.76 Å². The summed E-state index contributed by atoms with van der Waals surface area (Å²) in [6.07, 6.45) is 2.03. The highest BCUT2D eigenvalue weighted by atomic mass is 16.6. The number of piperidine rings is 1. The molecule has 5 rings (SSSR count). The van der Waals surface area contributed by atoms with Gasteiger partial charge in [-0.05, 0) is 11.1 Å². The molecule has 2 aliphatic heterocycles. The number of carbonyl (C=O) groups excluding carboxylic acids is 1. The van der Waals surface area contributed by atoms with Crippen molar-refractivity contribution in [3.05, 3.63) is 78.0 Å². The summed E-state index contributed by atoms with van der Waals surface area (Å²) in [5.41, 5.74) is 1.63. The summed E-state index contributed by atoms with van der Waals surface area (Å²) in [7, 11) is 0. The molecule has 1 amide bonds. The number of hydrogen-bond donors (Lipinski definition) is 1. The van der Waals surface area contributed by atoms with Crippen molar-refractivity contribution in [2.24, 2.45) is 0 Å². The lowest BCUT2D eigenvalue weighted by molar-refractivity contribution is -0.136. The Morgan fingerprint density at radius 3 is 2.42 bits per heavy atom. The van der Waals surface area contributed by atoms with Crippen LogP contribution in [0.4, 0.5) is 4.79 Å². The summed E-state index contributed by atoms with van der Waals surface area (Å²) < 4.78 is 16.5. The number of hydrogen-bond acceptors (Lipinski definition) is 6. The molecule has 7 nitrogen and oxygen atoms in total. The Hall–Kier alpha value is -3.16. The lowest BCUT2D eigenvalue weighted by atomic mass is 9.77. The molecule has 160 valence electrons. The maximum Gasteiger partial charge on any atom is 0.410 e. The SMILES string of the molecule is O=C(OCc1ccccc1)N1C2COCC1CC(O)(c1ccc(-c3ccno3)cc1)C2. The molecule has 2 bridgehead atoms. The number of fused-ring (bicyclic) bond motifs is 2. The van der Waals surface area contributed by atoms with E-state index in [1.54, 1.807) is 17.2 Å². The third-order valence-electron chi connectivity index (χ3n) is 6.11. The van der Waals surface area contributed by atoms with Gasteiger partial charge in [-0.3, -0.25) is 4.90 Å². The maximum absolute atomic E-state index is 12.9. The molecule has 2 atom stereocenters. The predicted octanol–water partition coefficient (Wildman–Crippen LogP) is 3.73. The van der Waals surface area contributed by atoms with Gasteiger partial charge in [-0.2, -0.15) is 0 Å². The Balaban J connectivity index is 1.30. The van der Waals surface area contributed by atoms with Gasteiger partial charge in [0.1, 0.15) is 6.61 Å². The van der Waals surface area contributed by atoms with Crippen molar-refractivity contribution >= 4 is 6.09 Å². The van der Waals surface area contributed by atoms with Crippen LogP contribution in [0.3, 0.4) is 0 Å². The number of rotatable bonds is 4. The normalized spacial score (nSPS) is 25.3. The Kier molecular flexibility index (Phi) is 5.21. The van der Waals surface area contributed by atoms with Crippen molar-refractivity contribution in [3.8, 4) is 11.3 Å². The van der Waals surface area contributed by atoms with E-state index < -0.39 is 5.60 Å². The van der Waals surface area contributed by atoms with Gasteiger partial charge in [0.05, 0.1) is 37.1 Å². The lowest BCUT2D eigenvalue weighted by Gasteiger charge is -2.51. The molecular formula is C24H24N2O5. The molecule has 2 aromatic carbocycles. The molecule has 0 saturated carbocycles. The van der Waals surface area contributed by atoms with Crippen molar-refractivity contribution < 1.29 is 23.9 Å². The molecule has 3 heterocycles. The van der Waals surface area contributed by atoms with Crippen LogP contribution >= 0.6 is 0 Å². The summed E-state index contributed by atoms with van der Waals surface area (Å²) in [6.45, 7) is 0.995. The Bertz CT molecular complexity index is 1010. The third-order valence-corrected chi connectivity index (χ3v) is 6.11. The van der Waals surface area contributed by atoms with Gasteiger partial charge >= 0.3 is 6.09 Å². The van der Waals surface area contributed by atoms with Crippen LogP contribution in [0.5, 0.6) is 0 Å². The second-order valence-corrected chi connectivity index (χ2v) is 8.19. The zero-order valence-corrected chi connectivity index (χ0v) is 17.0. The number of amides is 1. The average molecular weight is 420 g/mol. The summed E-state index contributed by atoms with van der Waals surface area (Å²) >= 11 is 0. The minimum Gasteiger partial charge on any atom is -0.445 e. The van der Waals surface area contributed by atoms with E-state index in [4.69, 9.17) is 14.0 Å². The fraction of sp³-hybridized carbons (Fsp3) is 0.333. The van der Waals surface area contributed by atoms with Crippen LogP contribution in [0.1, 0.15) is 24.0 Å². The molecule has 7 heteroatoms. The summed E-state index contributed by atoms with van der Waals surface area (Å²) in [5, 5.41) is 15.2. The van der Waals surface area contributed by atoms with Crippen molar-refractivity contribution in [1.82, 2.24) is 10.1 Å². The standard InChI is InChI=1S/C24H24N2O5/c27-23(30-14-17-4-2-1-3-5-17)26-20-12-24(28,13-21(26)16-29-15-20)19-8-6-18(7-9-19)22-10-11-25-31-22/h1-11,20-21,28H,12-16H2. The molecule has 2 unspecified atom stereocenters. The maximum atomic E-state index is 12.9. The Morgan fingerprint density at radius 2 is 1.77 bits per heavy atom. The van der Waals surface area contributed by atoms with Gasteiger partial charge in [-0.1, -0.05) is 59.8 Å². The second-order valence-electron chi connectivity index (χ2n) is 8.19. The monoisotopic (exact) mass is 420 g/mol. The number of ether oxygens (including phenoxy) is 2. The minimum atomic E-state index is -1.03. The molecule has 2 fully saturated rings. The molecule has 0 aliphatic carbocycles. The molecule has 2 aliphatic rings. The lowest BCUT2D eigenvalue weighted by Crippen LogP contribution is -2.62. The molecular weight excluding hydrogens is 396 g/mol. The number of carbonyl (C=O) groups is 1. The highest BCUT2D eigenvalue weighted by molar-refractivity contribution is 5.69. The number of benzene rings is 2. The quantitative estimate of drug-likeness (QED) is 0.692. The first-order valence-corrected chi connectivity index (χ1v) is 10.4. The van der Waals surface area contributed by atoms with Crippen LogP contribution in [-0.4, -0.2) is 46.6 Å². The van der Waals surface area contributed by atoms with E-state index in [0.29, 0.717) is 31.8 Å². The van der Waals surface area contributed by atoms with E-state index in [-0.39, 0.29) is 24.8 Å². The highest BCUT2D eigenvalue weighted by Gasteiger charge is 2.49. The molecule has 1 aromatic heterocycles. The van der Waals surface area contributed by atoms with Crippen LogP contribution in [0.15, 0.2) is 71.4 Å². The largest absolute Gasteiger partial charge is 0.445 e. The van der Waals surface area contributed by atoms with E-state index in [9.17, 15) is 9.90 Å². The van der Waals surface area contributed by atoms with E-state index in [2.05, 4.69) is 5.16 Å². The first kappa shape index (κ1) is 19.8. The molecule has 31 heavy (non-hydrogen) atoms. The highest BCUT2D eigenvalue weighted by Crippen LogP contribution is 2.41. The summed E-state index contributed by atoms with van der Waals surface area (Å²) in [6, 6.07) is 18.6. The van der Waals surface area contributed by atoms with Gasteiger partial charge in [0, 0.05) is 24.5 Å². The fourth-order valence-electron chi connectivity index (χ4n) is 4.61. The van der Waals surface area contributed by atoms with Crippen molar-refractivity contribution in [1.29, 1.82) is 0 Å². The number of aliphatic hydroxyl groups is 1. The third kappa shape index (κ3) is 3.94. The molecule has 2 saturated heterocycles. The van der Waals surface area contributed by atoms with Crippen molar-refractivity contribution in [2.45, 2.75) is 37.1 Å². The van der Waals surface area contributed by atoms with Crippen LogP contribution in [0.2, 0.25) is 0 Å². The van der Waals surface area contributed by atoms with Gasteiger partial charge in [-0.15, -0.1) is 0 Å². The second kappa shape index (κ2) is 8.17. The molecule has 3 aromatic rings. The smallest absolute Gasteiger partial charge is 0.410 e. The average Bonchev–Trinajstić information content (AvgIpc) is 3.33. The minimum absolute atomic E-state index is 0.226. The van der Waals surface area contributed by atoms with E-state index in [0.717, 1.165) is 16.7 Å². The zero-order valence-electron chi connectivity index (χ0n) is 17.0. The fourth-order valence-corrected chi connectivity index (χ4v) is 4.61. The van der Waals surface area contributed by atoms with Gasteiger partial charge < -0.3 is 19.1 Å². The summed E-state index contributed by atoms with van der Waals surface area (Å²) in [5.74, 6) is 0.680. The Labute approximate surface area is 180 Å². The van der Waals surface area contributed by atoms with Crippen LogP contribution < -0.4 is 0 Å². The van der Waals surface area contributed by atoms with E-state index in [1.165, 1.54) is 0 Å². The number of morpholine rings is 1. The summed E-state index contributed by atoms with van der Waals surface area (Å²) in [4.78, 5) is 14.6. The molecule has 1 N–H and O–H groups in total. The Morgan fingerprint density at radius 1 is 1.06 bits per heavy atom. The zero-order chi connectivity index (χ0) is 21.3. The van der Waals surface area contributed by atoms with Gasteiger partial charge in [-0.25, -0.2) is 4.79 Å². The molecule has 0 radical (unpaired) electrons. The first-order valence-electron chi connectivity index (χ1n) is 10.4. The van der Waals surface area contributed by atoms with E-state index >= 15 is 0 Å². The predicted molar refractivity (Wildman–Crippen MR) is 112 cm³/mol. The van der Waals surface area contributed by atoms with Crippen molar-refractivity contribution in [3.63, 3.8) is 0 Å². The molecule has 0 spiro atoms. The number of nitrogens with zero attached hydrogens (tertiary/aromatic N) is 2. The van der Waals surface area contributed by atoms with Crippen LogP contribution in [0, 0.1) is 0 Å². The van der Waals surface area contributed by atoms with Crippen LogP contribution in [-0.2, 0) is 21.7 Å². The topological polar surface area (TPSA) is 85.0 Å². The first-order chi connectivity index (χ1) is 15.1. The van der Waals surface area contributed by atoms with Crippen molar-refractivity contribution in [2.75, 3.05) is 13.2 Å². The van der Waals surface area contributed by atoms with Gasteiger partial charge in [0.25, 0.3) is 0 Å².